The van der Waals surface area contributed by atoms with Crippen LogP contribution in [0.15, 0.2) is 10.9 Å². The van der Waals surface area contributed by atoms with Crippen molar-refractivity contribution in [3.8, 4) is 0 Å². The third-order valence-corrected chi connectivity index (χ3v) is 2.63. The summed E-state index contributed by atoms with van der Waals surface area (Å²) in [5.74, 6) is -0.255. The number of carbonyl (C=O) groups is 2. The summed E-state index contributed by atoms with van der Waals surface area (Å²) < 4.78 is 5.24. The lowest BCUT2D eigenvalue weighted by Gasteiger charge is -2.28. The van der Waals surface area contributed by atoms with Gasteiger partial charge in [0.25, 0.3) is 0 Å². The fourth-order valence-electron chi connectivity index (χ4n) is 1.21. The van der Waals surface area contributed by atoms with E-state index >= 15 is 0 Å². The van der Waals surface area contributed by atoms with Gasteiger partial charge in [-0.1, -0.05) is 0 Å². The van der Waals surface area contributed by atoms with Crippen molar-refractivity contribution in [1.82, 2.24) is 4.98 Å². The zero-order valence-electron chi connectivity index (χ0n) is 10.8. The minimum atomic E-state index is -0.818. The number of amides is 2. The second-order valence-electron chi connectivity index (χ2n) is 4.78. The van der Waals surface area contributed by atoms with Crippen molar-refractivity contribution in [1.29, 1.82) is 0 Å². The fraction of sp³-hybridized carbons (Fsp3) is 0.545. The molecule has 0 bridgehead atoms. The van der Waals surface area contributed by atoms with Gasteiger partial charge < -0.3 is 10.5 Å². The predicted molar refractivity (Wildman–Crippen MR) is 69.5 cm³/mol. The molecule has 1 atom stereocenters. The van der Waals surface area contributed by atoms with Crippen LogP contribution in [0.2, 0.25) is 0 Å². The van der Waals surface area contributed by atoms with Gasteiger partial charge >= 0.3 is 6.09 Å². The molecule has 2 N–H and O–H groups in total. The van der Waals surface area contributed by atoms with Gasteiger partial charge in [-0.2, -0.15) is 0 Å². The highest BCUT2D eigenvalue weighted by Gasteiger charge is 2.31. The molecule has 1 aromatic heterocycles. The zero-order valence-corrected chi connectivity index (χ0v) is 11.7. The average molecular weight is 271 g/mol. The highest BCUT2D eigenvalue weighted by Crippen LogP contribution is 2.20. The van der Waals surface area contributed by atoms with Gasteiger partial charge in [-0.25, -0.2) is 14.7 Å². The summed E-state index contributed by atoms with van der Waals surface area (Å²) in [4.78, 5) is 28.5. The Kier molecular flexibility index (Phi) is 4.28. The number of nitrogens with two attached hydrogens (primary N) is 1. The van der Waals surface area contributed by atoms with Crippen molar-refractivity contribution in [2.24, 2.45) is 5.73 Å². The van der Waals surface area contributed by atoms with E-state index in [4.69, 9.17) is 10.5 Å². The van der Waals surface area contributed by atoms with Crippen LogP contribution in [0.3, 0.4) is 0 Å². The Bertz CT molecular complexity index is 425. The van der Waals surface area contributed by atoms with Crippen molar-refractivity contribution in [3.63, 3.8) is 0 Å². The standard InChI is InChI=1S/C11H17N3O3S/c1-7(9(12)15)14(8-5-18-6-13-8)10(16)17-11(2,3)4/h5-7H,1-4H3,(H2,12,15). The van der Waals surface area contributed by atoms with E-state index in [9.17, 15) is 9.59 Å². The average Bonchev–Trinajstić information content (AvgIpc) is 2.67. The zero-order chi connectivity index (χ0) is 13.9. The van der Waals surface area contributed by atoms with Crippen LogP contribution in [0.4, 0.5) is 10.6 Å². The summed E-state index contributed by atoms with van der Waals surface area (Å²) in [7, 11) is 0. The number of carbonyl (C=O) groups excluding carboxylic acids is 2. The van der Waals surface area contributed by atoms with E-state index in [1.807, 2.05) is 0 Å². The first kappa shape index (κ1) is 14.4. The molecule has 0 saturated heterocycles. The highest BCUT2D eigenvalue weighted by molar-refractivity contribution is 7.07. The van der Waals surface area contributed by atoms with Crippen molar-refractivity contribution in [3.05, 3.63) is 10.9 Å². The minimum Gasteiger partial charge on any atom is -0.443 e. The predicted octanol–water partition coefficient (Wildman–Crippen LogP) is 1.76. The van der Waals surface area contributed by atoms with Crippen molar-refractivity contribution < 1.29 is 14.3 Å². The molecule has 1 rings (SSSR count). The summed E-state index contributed by atoms with van der Waals surface area (Å²) in [6.45, 7) is 6.78. The van der Waals surface area contributed by atoms with E-state index in [1.54, 1.807) is 31.7 Å². The van der Waals surface area contributed by atoms with E-state index in [0.29, 0.717) is 5.82 Å². The van der Waals surface area contributed by atoms with Crippen LogP contribution in [0, 0.1) is 0 Å². The largest absolute Gasteiger partial charge is 0.443 e. The van der Waals surface area contributed by atoms with Crippen LogP contribution in [-0.4, -0.2) is 28.6 Å². The van der Waals surface area contributed by atoms with E-state index in [0.717, 1.165) is 4.90 Å². The summed E-state index contributed by atoms with van der Waals surface area (Å²) >= 11 is 1.32. The number of aromatic nitrogens is 1. The summed E-state index contributed by atoms with van der Waals surface area (Å²) in [5.41, 5.74) is 6.15. The number of rotatable bonds is 3. The number of nitrogens with zero attached hydrogens (tertiary/aromatic N) is 2. The van der Waals surface area contributed by atoms with Gasteiger partial charge in [-0.15, -0.1) is 11.3 Å². The molecule has 7 heteroatoms. The number of primary amides is 1. The molecule has 2 amide bonds. The van der Waals surface area contributed by atoms with Crippen LogP contribution in [0.25, 0.3) is 0 Å². The molecule has 6 nitrogen and oxygen atoms in total. The molecule has 0 aliphatic carbocycles. The van der Waals surface area contributed by atoms with Gasteiger partial charge in [0, 0.05) is 5.38 Å². The molecule has 1 heterocycles. The SMILES string of the molecule is CC(C(N)=O)N(C(=O)OC(C)(C)C)c1cscn1. The van der Waals surface area contributed by atoms with Gasteiger partial charge in [-0.3, -0.25) is 4.79 Å². The highest BCUT2D eigenvalue weighted by atomic mass is 32.1. The normalized spacial score (nSPS) is 12.9. The molecule has 0 spiro atoms. The third-order valence-electron chi connectivity index (χ3n) is 2.06. The van der Waals surface area contributed by atoms with Gasteiger partial charge in [0.1, 0.15) is 17.5 Å². The molecule has 0 aromatic carbocycles. The second-order valence-corrected chi connectivity index (χ2v) is 5.49. The molecule has 0 aliphatic rings. The van der Waals surface area contributed by atoms with E-state index in [-0.39, 0.29) is 0 Å². The smallest absolute Gasteiger partial charge is 0.416 e. The first-order valence-electron chi connectivity index (χ1n) is 5.42. The first-order valence-corrected chi connectivity index (χ1v) is 6.36. The number of hydrogen-bond donors (Lipinski definition) is 1. The Morgan fingerprint density at radius 2 is 2.11 bits per heavy atom. The Morgan fingerprint density at radius 3 is 2.50 bits per heavy atom. The quantitative estimate of drug-likeness (QED) is 0.907. The van der Waals surface area contributed by atoms with Crippen LogP contribution >= 0.6 is 11.3 Å². The van der Waals surface area contributed by atoms with Gasteiger partial charge in [0.05, 0.1) is 5.51 Å². The topological polar surface area (TPSA) is 85.5 Å². The van der Waals surface area contributed by atoms with Crippen LogP contribution in [0.1, 0.15) is 27.7 Å². The summed E-state index contributed by atoms with van der Waals surface area (Å²) in [6.07, 6.45) is -0.639. The molecule has 1 unspecified atom stereocenters. The lowest BCUT2D eigenvalue weighted by Crippen LogP contribution is -2.48. The monoisotopic (exact) mass is 271 g/mol. The van der Waals surface area contributed by atoms with Gasteiger partial charge in [0.2, 0.25) is 5.91 Å². The Labute approximate surface area is 110 Å². The number of ether oxygens (including phenoxy) is 1. The third kappa shape index (κ3) is 3.69. The molecule has 0 saturated carbocycles. The maximum atomic E-state index is 12.1. The lowest BCUT2D eigenvalue weighted by atomic mass is 10.2. The maximum absolute atomic E-state index is 12.1. The molecular weight excluding hydrogens is 254 g/mol. The number of anilines is 1. The Balaban J connectivity index is 2.99. The Morgan fingerprint density at radius 1 is 1.50 bits per heavy atom. The van der Waals surface area contributed by atoms with E-state index in [2.05, 4.69) is 4.98 Å². The van der Waals surface area contributed by atoms with Gasteiger partial charge in [0.15, 0.2) is 0 Å². The lowest BCUT2D eigenvalue weighted by molar-refractivity contribution is -0.119. The van der Waals surface area contributed by atoms with Gasteiger partial charge in [-0.05, 0) is 27.7 Å². The summed E-state index contributed by atoms with van der Waals surface area (Å²) in [6, 6.07) is -0.818. The molecule has 1 aromatic rings. The first-order chi connectivity index (χ1) is 8.22. The second kappa shape index (κ2) is 5.34. The molecule has 0 radical (unpaired) electrons. The fourth-order valence-corrected chi connectivity index (χ4v) is 1.74. The van der Waals surface area contributed by atoms with E-state index in [1.165, 1.54) is 18.3 Å². The maximum Gasteiger partial charge on any atom is 0.416 e. The van der Waals surface area contributed by atoms with Crippen LogP contribution < -0.4 is 10.6 Å². The number of thiazole rings is 1. The van der Waals surface area contributed by atoms with Crippen molar-refractivity contribution >= 4 is 29.2 Å². The molecule has 0 fully saturated rings. The molecular formula is C11H17N3O3S. The Hall–Kier alpha value is -1.63. The van der Waals surface area contributed by atoms with Crippen LogP contribution in [-0.2, 0) is 9.53 Å². The van der Waals surface area contributed by atoms with Crippen molar-refractivity contribution in [2.75, 3.05) is 4.90 Å². The molecule has 100 valence electrons. The van der Waals surface area contributed by atoms with Crippen LogP contribution in [0.5, 0.6) is 0 Å². The number of hydrogen-bond acceptors (Lipinski definition) is 5. The molecule has 0 aliphatic heterocycles. The summed E-state index contributed by atoms with van der Waals surface area (Å²) in [5, 5.41) is 1.66. The van der Waals surface area contributed by atoms with Crippen molar-refractivity contribution in [2.45, 2.75) is 39.3 Å². The van der Waals surface area contributed by atoms with E-state index < -0.39 is 23.6 Å². The minimum absolute atomic E-state index is 0.362. The molecule has 18 heavy (non-hydrogen) atoms.